The highest BCUT2D eigenvalue weighted by atomic mass is 16.5. The summed E-state index contributed by atoms with van der Waals surface area (Å²) in [5, 5.41) is 0. The molecule has 1 atom stereocenters. The maximum atomic E-state index is 5.41. The predicted molar refractivity (Wildman–Crippen MR) is 66.5 cm³/mol. The zero-order valence-electron chi connectivity index (χ0n) is 10.3. The molecule has 2 rings (SSSR count). The van der Waals surface area contributed by atoms with Crippen LogP contribution in [0.2, 0.25) is 0 Å². The van der Waals surface area contributed by atoms with Gasteiger partial charge >= 0.3 is 0 Å². The van der Waals surface area contributed by atoms with Gasteiger partial charge in [0.05, 0.1) is 0 Å². The van der Waals surface area contributed by atoms with Crippen molar-refractivity contribution in [1.29, 1.82) is 0 Å². The van der Waals surface area contributed by atoms with Gasteiger partial charge in [-0.3, -0.25) is 0 Å². The Kier molecular flexibility index (Phi) is 3.75. The highest BCUT2D eigenvalue weighted by Gasteiger charge is 2.20. The molecule has 0 aromatic carbocycles. The largest absolute Gasteiger partial charge is 0.377 e. The zero-order valence-corrected chi connectivity index (χ0v) is 10.3. The third-order valence-electron chi connectivity index (χ3n) is 2.93. The normalized spacial score (nSPS) is 19.7. The standard InChI is InChI=1S/C11H19N5O/c1-8-3-4-16(6-8)11-5-9(15-12)13-10(14-11)7-17-2/h5,8H,3-4,6-7,12H2,1-2H3,(H,13,14,15). The van der Waals surface area contributed by atoms with E-state index in [1.54, 1.807) is 7.11 Å². The van der Waals surface area contributed by atoms with Gasteiger partial charge in [-0.25, -0.2) is 15.8 Å². The van der Waals surface area contributed by atoms with Crippen LogP contribution in [0.3, 0.4) is 0 Å². The van der Waals surface area contributed by atoms with Crippen LogP contribution in [-0.2, 0) is 11.3 Å². The lowest BCUT2D eigenvalue weighted by Gasteiger charge is -2.18. The van der Waals surface area contributed by atoms with Crippen molar-refractivity contribution < 1.29 is 4.74 Å². The molecule has 0 amide bonds. The van der Waals surface area contributed by atoms with Gasteiger partial charge in [-0.15, -0.1) is 0 Å². The quantitative estimate of drug-likeness (QED) is 0.594. The van der Waals surface area contributed by atoms with E-state index in [9.17, 15) is 0 Å². The molecule has 1 aliphatic heterocycles. The lowest BCUT2D eigenvalue weighted by atomic mass is 10.2. The summed E-state index contributed by atoms with van der Waals surface area (Å²) in [6.45, 7) is 4.72. The molecule has 0 saturated carbocycles. The van der Waals surface area contributed by atoms with E-state index >= 15 is 0 Å². The first kappa shape index (κ1) is 12.1. The molecule has 6 nitrogen and oxygen atoms in total. The Morgan fingerprint density at radius 2 is 2.41 bits per heavy atom. The molecule has 1 saturated heterocycles. The molecule has 0 spiro atoms. The molecular weight excluding hydrogens is 218 g/mol. The molecule has 94 valence electrons. The summed E-state index contributed by atoms with van der Waals surface area (Å²) in [4.78, 5) is 11.0. The van der Waals surface area contributed by atoms with E-state index in [0.29, 0.717) is 24.2 Å². The molecular formula is C11H19N5O. The summed E-state index contributed by atoms with van der Waals surface area (Å²) in [5.74, 6) is 8.32. The van der Waals surface area contributed by atoms with E-state index < -0.39 is 0 Å². The first-order chi connectivity index (χ1) is 8.22. The summed E-state index contributed by atoms with van der Waals surface area (Å²) >= 11 is 0. The lowest BCUT2D eigenvalue weighted by molar-refractivity contribution is 0.178. The summed E-state index contributed by atoms with van der Waals surface area (Å²) in [6, 6.07) is 1.87. The van der Waals surface area contributed by atoms with Gasteiger partial charge in [0.1, 0.15) is 18.2 Å². The van der Waals surface area contributed by atoms with Gasteiger partial charge < -0.3 is 15.1 Å². The Labute approximate surface area is 101 Å². The predicted octanol–water partition coefficient (Wildman–Crippen LogP) is 0.755. The van der Waals surface area contributed by atoms with Gasteiger partial charge in [-0.1, -0.05) is 6.92 Å². The molecule has 17 heavy (non-hydrogen) atoms. The van der Waals surface area contributed by atoms with Gasteiger partial charge in [0, 0.05) is 26.3 Å². The van der Waals surface area contributed by atoms with Crippen LogP contribution in [0.4, 0.5) is 11.6 Å². The fourth-order valence-electron chi connectivity index (χ4n) is 2.06. The van der Waals surface area contributed by atoms with Gasteiger partial charge in [0.15, 0.2) is 5.82 Å². The van der Waals surface area contributed by atoms with Crippen molar-refractivity contribution in [3.8, 4) is 0 Å². The van der Waals surface area contributed by atoms with Crippen molar-refractivity contribution in [1.82, 2.24) is 9.97 Å². The molecule has 1 fully saturated rings. The Morgan fingerprint density at radius 1 is 1.59 bits per heavy atom. The second kappa shape index (κ2) is 5.29. The molecule has 0 aliphatic carbocycles. The van der Waals surface area contributed by atoms with Gasteiger partial charge in [0.25, 0.3) is 0 Å². The number of aromatic nitrogens is 2. The third kappa shape index (κ3) is 2.83. The Bertz CT molecular complexity index is 384. The zero-order chi connectivity index (χ0) is 12.3. The molecule has 6 heteroatoms. The molecule has 1 aromatic rings. The molecule has 0 bridgehead atoms. The summed E-state index contributed by atoms with van der Waals surface area (Å²) in [5.41, 5.74) is 2.57. The minimum atomic E-state index is 0.395. The monoisotopic (exact) mass is 237 g/mol. The Morgan fingerprint density at radius 3 is 3.00 bits per heavy atom. The summed E-state index contributed by atoms with van der Waals surface area (Å²) in [6.07, 6.45) is 1.20. The first-order valence-electron chi connectivity index (χ1n) is 5.81. The van der Waals surface area contributed by atoms with Gasteiger partial charge in [0.2, 0.25) is 0 Å². The van der Waals surface area contributed by atoms with Crippen molar-refractivity contribution in [2.24, 2.45) is 11.8 Å². The van der Waals surface area contributed by atoms with E-state index in [0.717, 1.165) is 18.9 Å². The highest BCUT2D eigenvalue weighted by molar-refractivity contribution is 5.49. The van der Waals surface area contributed by atoms with Crippen LogP contribution in [0.25, 0.3) is 0 Å². The third-order valence-corrected chi connectivity index (χ3v) is 2.93. The number of hydrogen-bond acceptors (Lipinski definition) is 6. The number of anilines is 2. The van der Waals surface area contributed by atoms with Crippen molar-refractivity contribution >= 4 is 11.6 Å². The van der Waals surface area contributed by atoms with Gasteiger partial charge in [-0.05, 0) is 12.3 Å². The molecule has 1 aliphatic rings. The van der Waals surface area contributed by atoms with Crippen LogP contribution in [0.5, 0.6) is 0 Å². The number of nitrogens with one attached hydrogen (secondary N) is 1. The Hall–Kier alpha value is -1.40. The molecule has 1 unspecified atom stereocenters. The minimum absolute atomic E-state index is 0.395. The number of hydrazine groups is 1. The maximum Gasteiger partial charge on any atom is 0.158 e. The number of ether oxygens (including phenoxy) is 1. The smallest absolute Gasteiger partial charge is 0.158 e. The topological polar surface area (TPSA) is 76.3 Å². The summed E-state index contributed by atoms with van der Waals surface area (Å²) < 4.78 is 5.05. The fourth-order valence-corrected chi connectivity index (χ4v) is 2.06. The van der Waals surface area contributed by atoms with Crippen LogP contribution in [0.15, 0.2) is 6.07 Å². The van der Waals surface area contributed by atoms with Crippen LogP contribution in [0, 0.1) is 5.92 Å². The Balaban J connectivity index is 2.23. The van der Waals surface area contributed by atoms with Crippen molar-refractivity contribution in [2.45, 2.75) is 20.0 Å². The van der Waals surface area contributed by atoms with E-state index in [4.69, 9.17) is 10.6 Å². The van der Waals surface area contributed by atoms with Crippen molar-refractivity contribution in [3.63, 3.8) is 0 Å². The van der Waals surface area contributed by atoms with E-state index in [1.165, 1.54) is 6.42 Å². The SMILES string of the molecule is COCc1nc(NN)cc(N2CCC(C)C2)n1. The number of methoxy groups -OCH3 is 1. The van der Waals surface area contributed by atoms with Crippen LogP contribution < -0.4 is 16.2 Å². The van der Waals surface area contributed by atoms with E-state index in [-0.39, 0.29) is 0 Å². The second-order valence-corrected chi connectivity index (χ2v) is 4.44. The average molecular weight is 237 g/mol. The van der Waals surface area contributed by atoms with Crippen molar-refractivity contribution in [2.75, 3.05) is 30.5 Å². The van der Waals surface area contributed by atoms with E-state index in [2.05, 4.69) is 27.2 Å². The molecule has 3 N–H and O–H groups in total. The van der Waals surface area contributed by atoms with E-state index in [1.807, 2.05) is 6.07 Å². The summed E-state index contributed by atoms with van der Waals surface area (Å²) in [7, 11) is 1.63. The fraction of sp³-hybridized carbons (Fsp3) is 0.636. The number of hydrogen-bond donors (Lipinski definition) is 2. The van der Waals surface area contributed by atoms with Gasteiger partial charge in [-0.2, -0.15) is 0 Å². The molecule has 1 aromatic heterocycles. The lowest BCUT2D eigenvalue weighted by Crippen LogP contribution is -2.22. The number of nitrogens with two attached hydrogens (primary N) is 1. The second-order valence-electron chi connectivity index (χ2n) is 4.44. The maximum absolute atomic E-state index is 5.41. The average Bonchev–Trinajstić information content (AvgIpc) is 2.76. The molecule has 2 heterocycles. The van der Waals surface area contributed by atoms with Crippen molar-refractivity contribution in [3.05, 3.63) is 11.9 Å². The van der Waals surface area contributed by atoms with Crippen LogP contribution >= 0.6 is 0 Å². The minimum Gasteiger partial charge on any atom is -0.377 e. The molecule has 0 radical (unpaired) electrons. The number of rotatable bonds is 4. The first-order valence-corrected chi connectivity index (χ1v) is 5.81. The van der Waals surface area contributed by atoms with Crippen LogP contribution in [0.1, 0.15) is 19.2 Å². The highest BCUT2D eigenvalue weighted by Crippen LogP contribution is 2.23. The number of nitrogens with zero attached hydrogens (tertiary/aromatic N) is 3. The number of nitrogen functional groups attached to an aromatic ring is 1. The van der Waals surface area contributed by atoms with Crippen LogP contribution in [-0.4, -0.2) is 30.2 Å².